The van der Waals surface area contributed by atoms with Gasteiger partial charge in [0.05, 0.1) is 0 Å². The zero-order valence-electron chi connectivity index (χ0n) is 9.12. The molecule has 1 heteroatoms. The van der Waals surface area contributed by atoms with Crippen molar-refractivity contribution in [2.45, 2.75) is 12.8 Å². The molecule has 0 saturated carbocycles. The van der Waals surface area contributed by atoms with Crippen LogP contribution in [0.15, 0.2) is 48.5 Å². The van der Waals surface area contributed by atoms with Gasteiger partial charge < -0.3 is 0 Å². The van der Waals surface area contributed by atoms with Crippen molar-refractivity contribution in [2.24, 2.45) is 0 Å². The number of hydrogen-bond donors (Lipinski definition) is 0. The van der Waals surface area contributed by atoms with E-state index >= 15 is 0 Å². The highest BCUT2D eigenvalue weighted by Crippen LogP contribution is 2.21. The molecule has 0 nitrogen and oxygen atoms in total. The fourth-order valence-electron chi connectivity index (χ4n) is 1.78. The molecule has 81 valence electrons. The maximum Gasteiger partial charge on any atom is 0.123 e. The van der Waals surface area contributed by atoms with Crippen LogP contribution in [-0.2, 0) is 6.42 Å². The summed E-state index contributed by atoms with van der Waals surface area (Å²) in [5.41, 5.74) is 3.23. The zero-order chi connectivity index (χ0) is 11.4. The largest absolute Gasteiger partial charge is 0.207 e. The van der Waals surface area contributed by atoms with Gasteiger partial charge in [0.1, 0.15) is 5.82 Å². The first-order valence-electron chi connectivity index (χ1n) is 5.44. The molecule has 1 radical (unpaired) electrons. The minimum Gasteiger partial charge on any atom is -0.207 e. The summed E-state index contributed by atoms with van der Waals surface area (Å²) < 4.78 is 13.1. The molecule has 0 aromatic heterocycles. The first-order chi connectivity index (χ1) is 7.79. The van der Waals surface area contributed by atoms with E-state index in [0.717, 1.165) is 24.0 Å². The second-order valence-corrected chi connectivity index (χ2v) is 3.81. The first kappa shape index (κ1) is 10.9. The Morgan fingerprint density at radius 3 is 2.31 bits per heavy atom. The maximum absolute atomic E-state index is 13.1. The van der Waals surface area contributed by atoms with Crippen LogP contribution in [0.25, 0.3) is 11.1 Å². The summed E-state index contributed by atoms with van der Waals surface area (Å²) in [7, 11) is 0. The van der Waals surface area contributed by atoms with Crippen molar-refractivity contribution in [1.82, 2.24) is 0 Å². The summed E-state index contributed by atoms with van der Waals surface area (Å²) in [4.78, 5) is 0. The molecule has 0 aliphatic rings. The lowest BCUT2D eigenvalue weighted by atomic mass is 10.0. The molecular weight excluding hydrogens is 199 g/mol. The highest BCUT2D eigenvalue weighted by Gasteiger charge is 2.00. The SMILES string of the molecule is [CH2]CCc1cccc(-c2cccc(F)c2)c1. The van der Waals surface area contributed by atoms with Gasteiger partial charge >= 0.3 is 0 Å². The molecule has 0 atom stereocenters. The third kappa shape index (κ3) is 2.48. The molecule has 0 spiro atoms. The minimum atomic E-state index is -0.194. The highest BCUT2D eigenvalue weighted by molar-refractivity contribution is 5.64. The van der Waals surface area contributed by atoms with Crippen molar-refractivity contribution in [3.63, 3.8) is 0 Å². The van der Waals surface area contributed by atoms with Crippen molar-refractivity contribution in [3.8, 4) is 11.1 Å². The summed E-state index contributed by atoms with van der Waals surface area (Å²) in [6.45, 7) is 3.84. The number of aryl methyl sites for hydroxylation is 1. The second kappa shape index (κ2) is 4.93. The van der Waals surface area contributed by atoms with Crippen molar-refractivity contribution >= 4 is 0 Å². The van der Waals surface area contributed by atoms with E-state index in [2.05, 4.69) is 19.1 Å². The van der Waals surface area contributed by atoms with Gasteiger partial charge in [0.2, 0.25) is 0 Å². The average Bonchev–Trinajstić information content (AvgIpc) is 2.30. The van der Waals surface area contributed by atoms with Crippen molar-refractivity contribution < 1.29 is 4.39 Å². The van der Waals surface area contributed by atoms with Crippen LogP contribution >= 0.6 is 0 Å². The Morgan fingerprint density at radius 2 is 1.62 bits per heavy atom. The molecule has 0 bridgehead atoms. The molecule has 0 amide bonds. The van der Waals surface area contributed by atoms with E-state index in [0.29, 0.717) is 0 Å². The lowest BCUT2D eigenvalue weighted by Crippen LogP contribution is -1.85. The van der Waals surface area contributed by atoms with Gasteiger partial charge in [-0.15, -0.1) is 0 Å². The Labute approximate surface area is 95.7 Å². The van der Waals surface area contributed by atoms with Crippen molar-refractivity contribution in [2.75, 3.05) is 0 Å². The van der Waals surface area contributed by atoms with Gasteiger partial charge in [-0.3, -0.25) is 0 Å². The van der Waals surface area contributed by atoms with E-state index in [-0.39, 0.29) is 5.82 Å². The average molecular weight is 213 g/mol. The summed E-state index contributed by atoms with van der Waals surface area (Å²) in [5.74, 6) is -0.194. The fourth-order valence-corrected chi connectivity index (χ4v) is 1.78. The van der Waals surface area contributed by atoms with Crippen LogP contribution in [0.4, 0.5) is 4.39 Å². The monoisotopic (exact) mass is 213 g/mol. The molecular formula is C15H14F. The first-order valence-corrected chi connectivity index (χ1v) is 5.44. The van der Waals surface area contributed by atoms with Crippen LogP contribution in [0.3, 0.4) is 0 Å². The van der Waals surface area contributed by atoms with E-state index in [4.69, 9.17) is 0 Å². The van der Waals surface area contributed by atoms with Gasteiger partial charge in [-0.05, 0) is 41.7 Å². The maximum atomic E-state index is 13.1. The lowest BCUT2D eigenvalue weighted by Gasteiger charge is -2.04. The van der Waals surface area contributed by atoms with Crippen LogP contribution in [0.2, 0.25) is 0 Å². The van der Waals surface area contributed by atoms with Crippen LogP contribution in [0.5, 0.6) is 0 Å². The molecule has 0 aliphatic carbocycles. The lowest BCUT2D eigenvalue weighted by molar-refractivity contribution is 0.628. The molecule has 0 unspecified atom stereocenters. The normalized spacial score (nSPS) is 10.4. The number of hydrogen-bond acceptors (Lipinski definition) is 0. The summed E-state index contributed by atoms with van der Waals surface area (Å²) in [5, 5.41) is 0. The summed E-state index contributed by atoms with van der Waals surface area (Å²) in [6, 6.07) is 14.9. The van der Waals surface area contributed by atoms with E-state index in [1.165, 1.54) is 11.6 Å². The fraction of sp³-hybridized carbons (Fsp3) is 0.133. The number of rotatable bonds is 3. The number of halogens is 1. The van der Waals surface area contributed by atoms with Gasteiger partial charge in [-0.25, -0.2) is 4.39 Å². The highest BCUT2D eigenvalue weighted by atomic mass is 19.1. The van der Waals surface area contributed by atoms with Crippen LogP contribution in [-0.4, -0.2) is 0 Å². The number of benzene rings is 2. The van der Waals surface area contributed by atoms with Crippen LogP contribution < -0.4 is 0 Å². The standard InChI is InChI=1S/C15H14F/c1-2-5-12-6-3-7-13(10-12)14-8-4-9-15(16)11-14/h3-4,6-11H,1-2,5H2. The Morgan fingerprint density at radius 1 is 0.938 bits per heavy atom. The third-order valence-electron chi connectivity index (χ3n) is 2.55. The molecule has 2 aromatic rings. The Hall–Kier alpha value is -1.63. The van der Waals surface area contributed by atoms with E-state index in [9.17, 15) is 4.39 Å². The van der Waals surface area contributed by atoms with Gasteiger partial charge in [0.25, 0.3) is 0 Å². The third-order valence-corrected chi connectivity index (χ3v) is 2.55. The predicted octanol–water partition coefficient (Wildman–Crippen LogP) is 4.26. The predicted molar refractivity (Wildman–Crippen MR) is 65.5 cm³/mol. The molecule has 2 rings (SSSR count). The van der Waals surface area contributed by atoms with Crippen molar-refractivity contribution in [3.05, 3.63) is 66.8 Å². The minimum absolute atomic E-state index is 0.194. The molecule has 16 heavy (non-hydrogen) atoms. The van der Waals surface area contributed by atoms with Crippen LogP contribution in [0, 0.1) is 12.7 Å². The Balaban J connectivity index is 2.36. The van der Waals surface area contributed by atoms with Gasteiger partial charge in [0.15, 0.2) is 0 Å². The molecule has 0 heterocycles. The quantitative estimate of drug-likeness (QED) is 0.714. The van der Waals surface area contributed by atoms with Gasteiger partial charge in [-0.2, -0.15) is 0 Å². The Bertz CT molecular complexity index is 474. The van der Waals surface area contributed by atoms with E-state index in [1.54, 1.807) is 12.1 Å². The Kier molecular flexibility index (Phi) is 3.35. The molecule has 0 N–H and O–H groups in total. The molecule has 0 fully saturated rings. The van der Waals surface area contributed by atoms with E-state index in [1.807, 2.05) is 18.2 Å². The smallest absolute Gasteiger partial charge is 0.123 e. The van der Waals surface area contributed by atoms with Gasteiger partial charge in [0, 0.05) is 0 Å². The topological polar surface area (TPSA) is 0 Å². The summed E-state index contributed by atoms with van der Waals surface area (Å²) >= 11 is 0. The van der Waals surface area contributed by atoms with Gasteiger partial charge in [-0.1, -0.05) is 43.3 Å². The van der Waals surface area contributed by atoms with E-state index < -0.39 is 0 Å². The molecule has 0 saturated heterocycles. The zero-order valence-corrected chi connectivity index (χ0v) is 9.12. The molecule has 2 aromatic carbocycles. The molecule has 0 aliphatic heterocycles. The van der Waals surface area contributed by atoms with Crippen molar-refractivity contribution in [1.29, 1.82) is 0 Å². The van der Waals surface area contributed by atoms with Crippen LogP contribution in [0.1, 0.15) is 12.0 Å². The summed E-state index contributed by atoms with van der Waals surface area (Å²) in [6.07, 6.45) is 1.84. The second-order valence-electron chi connectivity index (χ2n) is 3.81.